The van der Waals surface area contributed by atoms with Crippen LogP contribution in [0, 0.1) is 17.0 Å². The molecule has 0 saturated heterocycles. The molecule has 0 unspecified atom stereocenters. The van der Waals surface area contributed by atoms with E-state index in [1.54, 1.807) is 24.3 Å². The number of benzene rings is 2. The van der Waals surface area contributed by atoms with Crippen molar-refractivity contribution in [2.75, 3.05) is 7.11 Å². The number of fused-ring (bicyclic) bond motifs is 1. The van der Waals surface area contributed by atoms with Crippen LogP contribution in [0.5, 0.6) is 0 Å². The lowest BCUT2D eigenvalue weighted by atomic mass is 10.1. The number of thiazole rings is 1. The van der Waals surface area contributed by atoms with Crippen LogP contribution in [-0.4, -0.2) is 28.5 Å². The minimum Gasteiger partial charge on any atom is -0.468 e. The second-order valence-corrected chi connectivity index (χ2v) is 6.75. The zero-order valence-electron chi connectivity index (χ0n) is 14.5. The third kappa shape index (κ3) is 3.93. The van der Waals surface area contributed by atoms with Gasteiger partial charge >= 0.3 is 5.97 Å². The van der Waals surface area contributed by atoms with Gasteiger partial charge in [0.1, 0.15) is 6.54 Å². The Balaban J connectivity index is 2.15. The normalized spacial score (nSPS) is 11.6. The number of esters is 1. The molecule has 0 aliphatic rings. The third-order valence-corrected chi connectivity index (χ3v) is 4.93. The first-order valence-electron chi connectivity index (χ1n) is 7.89. The van der Waals surface area contributed by atoms with Gasteiger partial charge in [-0.1, -0.05) is 29.0 Å². The Labute approximate surface area is 157 Å². The Hall–Kier alpha value is -3.33. The number of aryl methyl sites for hydroxylation is 1. The molecule has 1 heterocycles. The number of nitro benzene ring substituents is 1. The van der Waals surface area contributed by atoms with E-state index >= 15 is 0 Å². The maximum Gasteiger partial charge on any atom is 0.325 e. The fraction of sp³-hybridized carbons (Fsp3) is 0.167. The fourth-order valence-electron chi connectivity index (χ4n) is 2.45. The van der Waals surface area contributed by atoms with Gasteiger partial charge in [-0.05, 0) is 25.1 Å². The van der Waals surface area contributed by atoms with Crippen molar-refractivity contribution in [1.82, 2.24) is 4.57 Å². The highest BCUT2D eigenvalue weighted by Gasteiger charge is 2.15. The molecular weight excluding hydrogens is 370 g/mol. The molecule has 0 atom stereocenters. The summed E-state index contributed by atoms with van der Waals surface area (Å²) in [7, 11) is 1.26. The lowest BCUT2D eigenvalue weighted by Gasteiger charge is -2.03. The van der Waals surface area contributed by atoms with E-state index in [1.807, 2.05) is 6.92 Å². The van der Waals surface area contributed by atoms with E-state index in [4.69, 9.17) is 4.74 Å². The van der Waals surface area contributed by atoms with Gasteiger partial charge in [0.15, 0.2) is 4.80 Å². The number of hydrogen-bond acceptors (Lipinski definition) is 6. The number of nitro groups is 1. The zero-order chi connectivity index (χ0) is 19.6. The van der Waals surface area contributed by atoms with Crippen LogP contribution in [0.15, 0.2) is 47.5 Å². The lowest BCUT2D eigenvalue weighted by molar-refractivity contribution is -0.384. The van der Waals surface area contributed by atoms with Crippen molar-refractivity contribution >= 4 is 39.1 Å². The lowest BCUT2D eigenvalue weighted by Crippen LogP contribution is -2.22. The highest BCUT2D eigenvalue weighted by atomic mass is 32.1. The van der Waals surface area contributed by atoms with Crippen LogP contribution in [0.4, 0.5) is 5.69 Å². The topological polar surface area (TPSA) is 104 Å². The summed E-state index contributed by atoms with van der Waals surface area (Å²) in [6, 6.07) is 11.2. The van der Waals surface area contributed by atoms with Crippen molar-refractivity contribution in [3.8, 4) is 0 Å². The first-order chi connectivity index (χ1) is 12.9. The van der Waals surface area contributed by atoms with Gasteiger partial charge in [-0.3, -0.25) is 19.7 Å². The summed E-state index contributed by atoms with van der Waals surface area (Å²) < 4.78 is 6.76. The van der Waals surface area contributed by atoms with E-state index in [0.717, 1.165) is 16.9 Å². The number of nitrogens with zero attached hydrogens (tertiary/aromatic N) is 3. The molecule has 138 valence electrons. The van der Waals surface area contributed by atoms with Crippen molar-refractivity contribution in [1.29, 1.82) is 0 Å². The molecule has 2 aromatic carbocycles. The van der Waals surface area contributed by atoms with E-state index in [1.165, 1.54) is 29.9 Å². The molecule has 0 aliphatic heterocycles. The van der Waals surface area contributed by atoms with Gasteiger partial charge in [-0.25, -0.2) is 0 Å². The first kappa shape index (κ1) is 18.5. The number of carbonyl (C=O) groups is 2. The minimum absolute atomic E-state index is 0.0784. The molecule has 0 bridgehead atoms. The Bertz CT molecular complexity index is 1110. The Morgan fingerprint density at radius 1 is 1.22 bits per heavy atom. The predicted molar refractivity (Wildman–Crippen MR) is 99.6 cm³/mol. The molecule has 3 rings (SSSR count). The second-order valence-electron chi connectivity index (χ2n) is 5.74. The number of hydrogen-bond donors (Lipinski definition) is 0. The van der Waals surface area contributed by atoms with Gasteiger partial charge < -0.3 is 9.30 Å². The quantitative estimate of drug-likeness (QED) is 0.390. The van der Waals surface area contributed by atoms with Crippen LogP contribution in [0.3, 0.4) is 0 Å². The molecule has 3 aromatic rings. The number of non-ortho nitro benzene ring substituents is 1. The van der Waals surface area contributed by atoms with Crippen molar-refractivity contribution in [2.24, 2.45) is 4.99 Å². The fourth-order valence-corrected chi connectivity index (χ4v) is 3.52. The molecular formula is C18H15N3O5S. The minimum atomic E-state index is -0.516. The average molecular weight is 385 g/mol. The van der Waals surface area contributed by atoms with E-state index in [9.17, 15) is 19.7 Å². The Kier molecular flexibility index (Phi) is 5.13. The number of methoxy groups -OCH3 is 1. The van der Waals surface area contributed by atoms with E-state index in [2.05, 4.69) is 4.99 Å². The number of amides is 1. The smallest absolute Gasteiger partial charge is 0.325 e. The van der Waals surface area contributed by atoms with Gasteiger partial charge in [0.05, 0.1) is 22.2 Å². The number of aromatic nitrogens is 1. The maximum absolute atomic E-state index is 12.5. The molecule has 0 N–H and O–H groups in total. The molecule has 0 spiro atoms. The number of rotatable bonds is 4. The molecule has 0 aliphatic carbocycles. The Morgan fingerprint density at radius 3 is 2.56 bits per heavy atom. The van der Waals surface area contributed by atoms with Crippen LogP contribution in [0.1, 0.15) is 15.9 Å². The second kappa shape index (κ2) is 7.50. The summed E-state index contributed by atoms with van der Waals surface area (Å²) in [6.07, 6.45) is 0. The van der Waals surface area contributed by atoms with Crippen molar-refractivity contribution < 1.29 is 19.2 Å². The van der Waals surface area contributed by atoms with Crippen molar-refractivity contribution in [3.63, 3.8) is 0 Å². The molecule has 0 saturated carbocycles. The molecule has 1 aromatic heterocycles. The van der Waals surface area contributed by atoms with Gasteiger partial charge in [0.25, 0.3) is 11.6 Å². The SMILES string of the molecule is COC(=O)Cn1c(=NC(=O)c2ccc(C)cc2)sc2cc([N+](=O)[O-])ccc21. The molecule has 8 nitrogen and oxygen atoms in total. The molecule has 1 amide bonds. The van der Waals surface area contributed by atoms with Gasteiger partial charge in [0, 0.05) is 17.7 Å². The molecule has 0 fully saturated rings. The highest BCUT2D eigenvalue weighted by Crippen LogP contribution is 2.23. The van der Waals surface area contributed by atoms with Gasteiger partial charge in [0.2, 0.25) is 0 Å². The Morgan fingerprint density at radius 2 is 1.93 bits per heavy atom. The summed E-state index contributed by atoms with van der Waals surface area (Å²) >= 11 is 1.10. The van der Waals surface area contributed by atoms with Gasteiger partial charge in [-0.15, -0.1) is 0 Å². The zero-order valence-corrected chi connectivity index (χ0v) is 15.4. The number of carbonyl (C=O) groups excluding carboxylic acids is 2. The van der Waals surface area contributed by atoms with Crippen LogP contribution >= 0.6 is 11.3 Å². The summed E-state index contributed by atoms with van der Waals surface area (Å²) in [5.74, 6) is -0.980. The predicted octanol–water partition coefficient (Wildman–Crippen LogP) is 2.83. The summed E-state index contributed by atoms with van der Waals surface area (Å²) in [5, 5.41) is 11.0. The monoisotopic (exact) mass is 385 g/mol. The average Bonchev–Trinajstić information content (AvgIpc) is 2.98. The third-order valence-electron chi connectivity index (χ3n) is 3.89. The van der Waals surface area contributed by atoms with Gasteiger partial charge in [-0.2, -0.15) is 4.99 Å². The van der Waals surface area contributed by atoms with E-state index in [0.29, 0.717) is 15.8 Å². The number of ether oxygens (including phenoxy) is 1. The summed E-state index contributed by atoms with van der Waals surface area (Å²) in [5.41, 5.74) is 1.91. The molecule has 9 heteroatoms. The first-order valence-corrected chi connectivity index (χ1v) is 8.71. The van der Waals surface area contributed by atoms with Crippen LogP contribution in [0.2, 0.25) is 0 Å². The molecule has 0 radical (unpaired) electrons. The van der Waals surface area contributed by atoms with E-state index < -0.39 is 16.8 Å². The maximum atomic E-state index is 12.5. The molecule has 27 heavy (non-hydrogen) atoms. The van der Waals surface area contributed by atoms with Crippen molar-refractivity contribution in [2.45, 2.75) is 13.5 Å². The summed E-state index contributed by atoms with van der Waals surface area (Å²) in [4.78, 5) is 39.1. The standard InChI is InChI=1S/C18H15N3O5S/c1-11-3-5-12(6-4-11)17(23)19-18-20(10-16(22)26-2)14-8-7-13(21(24)25)9-15(14)27-18/h3-9H,10H2,1-2H3. The highest BCUT2D eigenvalue weighted by molar-refractivity contribution is 7.16. The summed E-state index contributed by atoms with van der Waals surface area (Å²) in [6.45, 7) is 1.75. The largest absolute Gasteiger partial charge is 0.468 e. The van der Waals surface area contributed by atoms with Crippen molar-refractivity contribution in [3.05, 3.63) is 68.5 Å². The van der Waals surface area contributed by atoms with E-state index in [-0.39, 0.29) is 17.0 Å². The van der Waals surface area contributed by atoms with Crippen LogP contribution in [0.25, 0.3) is 10.2 Å². The van der Waals surface area contributed by atoms with Crippen LogP contribution in [-0.2, 0) is 16.1 Å². The van der Waals surface area contributed by atoms with Crippen LogP contribution < -0.4 is 4.80 Å².